The van der Waals surface area contributed by atoms with Gasteiger partial charge in [0.25, 0.3) is 0 Å². The summed E-state index contributed by atoms with van der Waals surface area (Å²) in [6.07, 6.45) is 3.96. The van der Waals surface area contributed by atoms with Gasteiger partial charge in [0, 0.05) is 20.6 Å². The van der Waals surface area contributed by atoms with Gasteiger partial charge in [-0.3, -0.25) is 4.79 Å². The minimum Gasteiger partial charge on any atom is -0.481 e. The zero-order chi connectivity index (χ0) is 13.2. The molecule has 1 saturated carbocycles. The van der Waals surface area contributed by atoms with Crippen molar-refractivity contribution in [2.75, 3.05) is 12.9 Å². The van der Waals surface area contributed by atoms with Crippen LogP contribution in [-0.2, 0) is 23.0 Å². The highest BCUT2D eigenvalue weighted by atomic mass is 32.2. The molecule has 0 aromatic carbocycles. The lowest BCUT2D eigenvalue weighted by Gasteiger charge is -2.39. The van der Waals surface area contributed by atoms with Gasteiger partial charge in [0.1, 0.15) is 0 Å². The van der Waals surface area contributed by atoms with E-state index in [9.17, 15) is 4.79 Å². The smallest absolute Gasteiger partial charge is 0.313 e. The number of hydrogen-bond donors (Lipinski definition) is 1. The number of carbonyl (C=O) groups is 1. The summed E-state index contributed by atoms with van der Waals surface area (Å²) in [5.74, 6) is -0.120. The van der Waals surface area contributed by atoms with Crippen LogP contribution in [-0.4, -0.2) is 44.3 Å². The van der Waals surface area contributed by atoms with Crippen molar-refractivity contribution in [2.24, 2.45) is 7.05 Å². The summed E-state index contributed by atoms with van der Waals surface area (Å²) in [5.41, 5.74) is -0.101. The van der Waals surface area contributed by atoms with E-state index in [1.807, 2.05) is 0 Å². The molecule has 0 amide bonds. The van der Waals surface area contributed by atoms with E-state index < -0.39 is 5.97 Å². The number of ether oxygens (including phenoxy) is 1. The van der Waals surface area contributed by atoms with Crippen LogP contribution < -0.4 is 0 Å². The van der Waals surface area contributed by atoms with E-state index >= 15 is 0 Å². The van der Waals surface area contributed by atoms with Crippen LogP contribution in [0.3, 0.4) is 0 Å². The van der Waals surface area contributed by atoms with Crippen LogP contribution in [0.4, 0.5) is 0 Å². The molecule has 0 atom stereocenters. The van der Waals surface area contributed by atoms with Gasteiger partial charge in [-0.05, 0) is 19.3 Å². The predicted octanol–water partition coefficient (Wildman–Crippen LogP) is 1.10. The Morgan fingerprint density at radius 3 is 2.83 bits per heavy atom. The summed E-state index contributed by atoms with van der Waals surface area (Å²) < 4.78 is 7.16. The second kappa shape index (κ2) is 5.27. The molecule has 0 spiro atoms. The van der Waals surface area contributed by atoms with Crippen LogP contribution in [0.1, 0.15) is 25.1 Å². The van der Waals surface area contributed by atoms with E-state index in [-0.39, 0.29) is 11.4 Å². The molecule has 0 saturated heterocycles. The third-order valence-electron chi connectivity index (χ3n) is 3.27. The van der Waals surface area contributed by atoms with Crippen molar-refractivity contribution in [2.45, 2.75) is 36.4 Å². The first-order valence-corrected chi connectivity index (χ1v) is 6.83. The van der Waals surface area contributed by atoms with Crippen molar-refractivity contribution in [1.29, 1.82) is 0 Å². The first-order valence-electron chi connectivity index (χ1n) is 5.84. The molecule has 6 nitrogen and oxygen atoms in total. The number of carboxylic acid groups (broad SMARTS) is 1. The van der Waals surface area contributed by atoms with Crippen molar-refractivity contribution in [3.63, 3.8) is 0 Å². The van der Waals surface area contributed by atoms with E-state index in [1.54, 1.807) is 18.8 Å². The van der Waals surface area contributed by atoms with Gasteiger partial charge in [-0.25, -0.2) is 9.67 Å². The van der Waals surface area contributed by atoms with E-state index in [4.69, 9.17) is 9.84 Å². The molecular formula is C11H17N3O3S. The summed E-state index contributed by atoms with van der Waals surface area (Å²) in [5, 5.41) is 13.6. The molecule has 100 valence electrons. The van der Waals surface area contributed by atoms with Crippen molar-refractivity contribution < 1.29 is 14.6 Å². The molecule has 1 heterocycles. The number of carboxylic acids is 1. The van der Waals surface area contributed by atoms with Gasteiger partial charge in [0.15, 0.2) is 11.0 Å². The molecule has 2 rings (SSSR count). The maximum Gasteiger partial charge on any atom is 0.313 e. The number of nitrogens with zero attached hydrogens (tertiary/aromatic N) is 3. The van der Waals surface area contributed by atoms with Crippen LogP contribution in [0.2, 0.25) is 0 Å². The van der Waals surface area contributed by atoms with Gasteiger partial charge >= 0.3 is 5.97 Å². The lowest BCUT2D eigenvalue weighted by molar-refractivity contribution is -0.133. The Bertz CT molecular complexity index is 437. The summed E-state index contributed by atoms with van der Waals surface area (Å²) in [7, 11) is 3.50. The zero-order valence-corrected chi connectivity index (χ0v) is 11.4. The Hall–Kier alpha value is -1.08. The predicted molar refractivity (Wildman–Crippen MR) is 66.7 cm³/mol. The van der Waals surface area contributed by atoms with Gasteiger partial charge in [0.2, 0.25) is 0 Å². The van der Waals surface area contributed by atoms with Crippen molar-refractivity contribution >= 4 is 17.7 Å². The van der Waals surface area contributed by atoms with Crippen LogP contribution in [0.25, 0.3) is 0 Å². The summed E-state index contributed by atoms with van der Waals surface area (Å²) in [6.45, 7) is 0. The molecule has 18 heavy (non-hydrogen) atoms. The highest BCUT2D eigenvalue weighted by Gasteiger charge is 2.38. The number of aromatic nitrogens is 3. The number of methoxy groups -OCH3 is 1. The molecule has 1 N–H and O–H groups in total. The summed E-state index contributed by atoms with van der Waals surface area (Å²) in [6, 6.07) is 0. The Balaban J connectivity index is 2.01. The normalized spacial score (nSPS) is 17.4. The fraction of sp³-hybridized carbons (Fsp3) is 0.727. The topological polar surface area (TPSA) is 77.2 Å². The molecular weight excluding hydrogens is 254 g/mol. The number of thioether (sulfide) groups is 1. The molecule has 7 heteroatoms. The second-order valence-corrected chi connectivity index (χ2v) is 5.48. The van der Waals surface area contributed by atoms with Gasteiger partial charge in [-0.2, -0.15) is 5.10 Å². The standard InChI is InChI=1S/C11H17N3O3S/c1-14-10(18-7-9(15)16)12-8(13-14)6-11(17-2)4-3-5-11/h3-7H2,1-2H3,(H,15,16). The molecule has 0 aliphatic heterocycles. The Morgan fingerprint density at radius 1 is 1.61 bits per heavy atom. The number of rotatable bonds is 6. The average molecular weight is 271 g/mol. The Labute approximate surface area is 110 Å². The number of aryl methyl sites for hydroxylation is 1. The average Bonchev–Trinajstić information content (AvgIpc) is 2.61. The maximum absolute atomic E-state index is 10.5. The molecule has 0 radical (unpaired) electrons. The van der Waals surface area contributed by atoms with E-state index in [1.165, 1.54) is 18.2 Å². The third kappa shape index (κ3) is 2.84. The van der Waals surface area contributed by atoms with Crippen LogP contribution >= 0.6 is 11.8 Å². The van der Waals surface area contributed by atoms with E-state index in [2.05, 4.69) is 10.1 Å². The fourth-order valence-electron chi connectivity index (χ4n) is 2.06. The first-order chi connectivity index (χ1) is 8.54. The van der Waals surface area contributed by atoms with Crippen LogP contribution in [0.15, 0.2) is 5.16 Å². The Kier molecular flexibility index (Phi) is 3.91. The zero-order valence-electron chi connectivity index (χ0n) is 10.5. The lowest BCUT2D eigenvalue weighted by Crippen LogP contribution is -2.41. The minimum atomic E-state index is -0.850. The summed E-state index contributed by atoms with van der Waals surface area (Å²) in [4.78, 5) is 14.9. The largest absolute Gasteiger partial charge is 0.481 e. The lowest BCUT2D eigenvalue weighted by atomic mass is 9.77. The number of aliphatic carboxylic acids is 1. The van der Waals surface area contributed by atoms with Crippen molar-refractivity contribution in [3.05, 3.63) is 5.82 Å². The van der Waals surface area contributed by atoms with Crippen LogP contribution in [0, 0.1) is 0 Å². The molecule has 1 aromatic rings. The van der Waals surface area contributed by atoms with E-state index in [0.717, 1.165) is 18.7 Å². The highest BCUT2D eigenvalue weighted by Crippen LogP contribution is 2.37. The molecule has 1 fully saturated rings. The SMILES string of the molecule is COC1(Cc2nc(SCC(=O)O)n(C)n2)CCC1. The highest BCUT2D eigenvalue weighted by molar-refractivity contribution is 7.99. The van der Waals surface area contributed by atoms with E-state index in [0.29, 0.717) is 11.6 Å². The summed E-state index contributed by atoms with van der Waals surface area (Å²) >= 11 is 1.18. The van der Waals surface area contributed by atoms with Crippen LogP contribution in [0.5, 0.6) is 0 Å². The van der Waals surface area contributed by atoms with Crippen molar-refractivity contribution in [1.82, 2.24) is 14.8 Å². The maximum atomic E-state index is 10.5. The fourth-order valence-corrected chi connectivity index (χ4v) is 2.71. The monoisotopic (exact) mass is 271 g/mol. The quantitative estimate of drug-likeness (QED) is 0.781. The molecule has 0 bridgehead atoms. The van der Waals surface area contributed by atoms with Gasteiger partial charge < -0.3 is 9.84 Å². The number of hydrogen-bond acceptors (Lipinski definition) is 5. The van der Waals surface area contributed by atoms with Crippen molar-refractivity contribution in [3.8, 4) is 0 Å². The van der Waals surface area contributed by atoms with Gasteiger partial charge in [0.05, 0.1) is 11.4 Å². The molecule has 1 aliphatic rings. The molecule has 1 aliphatic carbocycles. The minimum absolute atomic E-state index is 0.00138. The Morgan fingerprint density at radius 2 is 2.33 bits per heavy atom. The van der Waals surface area contributed by atoms with Gasteiger partial charge in [-0.15, -0.1) is 0 Å². The third-order valence-corrected chi connectivity index (χ3v) is 4.27. The molecule has 1 aromatic heterocycles. The second-order valence-electron chi connectivity index (χ2n) is 4.53. The van der Waals surface area contributed by atoms with Gasteiger partial charge in [-0.1, -0.05) is 11.8 Å². The first kappa shape index (κ1) is 13.4. The molecule has 0 unspecified atom stereocenters.